The van der Waals surface area contributed by atoms with Crippen LogP contribution in [0.15, 0.2) is 30.6 Å². The number of benzene rings is 1. The van der Waals surface area contributed by atoms with Gasteiger partial charge in [-0.25, -0.2) is 0 Å². The van der Waals surface area contributed by atoms with Crippen LogP contribution in [0.5, 0.6) is 0 Å². The van der Waals surface area contributed by atoms with Crippen LogP contribution in [0.1, 0.15) is 16.9 Å². The Morgan fingerprint density at radius 3 is 3.04 bits per heavy atom. The van der Waals surface area contributed by atoms with E-state index in [-0.39, 0.29) is 11.9 Å². The summed E-state index contributed by atoms with van der Waals surface area (Å²) in [6, 6.07) is 5.80. The van der Waals surface area contributed by atoms with Crippen LogP contribution in [-0.2, 0) is 7.05 Å². The van der Waals surface area contributed by atoms with E-state index in [9.17, 15) is 4.79 Å². The number of aryl methyl sites for hydroxylation is 1. The molecule has 1 amide bonds. The molecule has 25 heavy (non-hydrogen) atoms. The first-order valence-corrected chi connectivity index (χ1v) is 8.07. The quantitative estimate of drug-likeness (QED) is 0.701. The fourth-order valence-corrected chi connectivity index (χ4v) is 3.16. The standard InChI is InChI=1S/C17H17N7O/c1-23-8-12(7-19-23)11-2-3-15-14(6-11)16(22-21-15)17(25)20-13-4-5-24(9-13)10-18/h2-3,6-8,13H,4-5,9H2,1H3,(H,20,25)(H,21,22)/t13-/m1/s1. The van der Waals surface area contributed by atoms with Gasteiger partial charge in [0.2, 0.25) is 0 Å². The molecular formula is C17H17N7O. The normalized spacial score (nSPS) is 17.0. The van der Waals surface area contributed by atoms with Gasteiger partial charge in [-0.1, -0.05) is 6.07 Å². The third kappa shape index (κ3) is 2.80. The minimum atomic E-state index is -0.223. The number of hydrogen-bond acceptors (Lipinski definition) is 5. The van der Waals surface area contributed by atoms with E-state index in [1.165, 1.54) is 0 Å². The van der Waals surface area contributed by atoms with Crippen LogP contribution >= 0.6 is 0 Å². The molecule has 4 rings (SSSR count). The molecule has 0 aliphatic carbocycles. The molecule has 1 aliphatic rings. The highest BCUT2D eigenvalue weighted by Gasteiger charge is 2.25. The summed E-state index contributed by atoms with van der Waals surface area (Å²) in [4.78, 5) is 14.3. The lowest BCUT2D eigenvalue weighted by atomic mass is 10.1. The third-order valence-corrected chi connectivity index (χ3v) is 4.48. The topological polar surface area (TPSA) is 103 Å². The summed E-state index contributed by atoms with van der Waals surface area (Å²) in [6.45, 7) is 1.22. The number of nitriles is 1. The van der Waals surface area contributed by atoms with Gasteiger partial charge in [0.1, 0.15) is 0 Å². The molecule has 0 bridgehead atoms. The number of amides is 1. The first-order valence-electron chi connectivity index (χ1n) is 8.07. The number of nitrogens with zero attached hydrogens (tertiary/aromatic N) is 5. The number of aromatic amines is 1. The molecule has 1 saturated heterocycles. The summed E-state index contributed by atoms with van der Waals surface area (Å²) in [5, 5.41) is 23.9. The van der Waals surface area contributed by atoms with Crippen molar-refractivity contribution >= 4 is 16.8 Å². The van der Waals surface area contributed by atoms with Crippen molar-refractivity contribution in [2.75, 3.05) is 13.1 Å². The Morgan fingerprint density at radius 2 is 2.32 bits per heavy atom. The van der Waals surface area contributed by atoms with Gasteiger partial charge in [-0.3, -0.25) is 14.6 Å². The largest absolute Gasteiger partial charge is 0.346 e. The molecule has 1 aromatic carbocycles. The van der Waals surface area contributed by atoms with Gasteiger partial charge in [0.25, 0.3) is 5.91 Å². The Bertz CT molecular complexity index is 980. The first kappa shape index (κ1) is 15.2. The van der Waals surface area contributed by atoms with Gasteiger partial charge in [-0.2, -0.15) is 15.5 Å². The Kier molecular flexibility index (Phi) is 3.61. The van der Waals surface area contributed by atoms with E-state index in [0.717, 1.165) is 28.5 Å². The van der Waals surface area contributed by atoms with Gasteiger partial charge in [0, 0.05) is 43.3 Å². The lowest BCUT2D eigenvalue weighted by Crippen LogP contribution is -2.36. The van der Waals surface area contributed by atoms with Gasteiger partial charge in [0.15, 0.2) is 11.9 Å². The number of hydrogen-bond donors (Lipinski definition) is 2. The Labute approximate surface area is 144 Å². The molecule has 1 atom stereocenters. The highest BCUT2D eigenvalue weighted by Crippen LogP contribution is 2.25. The molecule has 0 spiro atoms. The second kappa shape index (κ2) is 5.94. The SMILES string of the molecule is Cn1cc(-c2ccc3[nH]nc(C(=O)N[C@@H]4CCN(C#N)C4)c3c2)cn1. The summed E-state index contributed by atoms with van der Waals surface area (Å²) >= 11 is 0. The van der Waals surface area contributed by atoms with Gasteiger partial charge in [0.05, 0.1) is 11.7 Å². The molecule has 1 aliphatic heterocycles. The molecule has 8 nitrogen and oxygen atoms in total. The van der Waals surface area contributed by atoms with Crippen molar-refractivity contribution in [3.63, 3.8) is 0 Å². The zero-order valence-electron chi connectivity index (χ0n) is 13.7. The Balaban J connectivity index is 1.61. The Hall–Kier alpha value is -3.34. The van der Waals surface area contributed by atoms with Crippen LogP contribution in [0.3, 0.4) is 0 Å². The molecule has 2 N–H and O–H groups in total. The predicted molar refractivity (Wildman–Crippen MR) is 91.4 cm³/mol. The van der Waals surface area contributed by atoms with E-state index in [2.05, 4.69) is 26.8 Å². The second-order valence-corrected chi connectivity index (χ2v) is 6.24. The predicted octanol–water partition coefficient (Wildman–Crippen LogP) is 1.25. The van der Waals surface area contributed by atoms with Crippen molar-refractivity contribution in [3.05, 3.63) is 36.3 Å². The molecule has 3 aromatic rings. The summed E-state index contributed by atoms with van der Waals surface area (Å²) in [5.41, 5.74) is 3.14. The van der Waals surface area contributed by atoms with Crippen LogP contribution in [-0.4, -0.2) is 49.9 Å². The number of H-pyrrole nitrogens is 1. The lowest BCUT2D eigenvalue weighted by Gasteiger charge is -2.11. The average Bonchev–Trinajstić information content (AvgIpc) is 3.33. The summed E-state index contributed by atoms with van der Waals surface area (Å²) in [6.07, 6.45) is 6.59. The van der Waals surface area contributed by atoms with Crippen LogP contribution in [0.2, 0.25) is 0 Å². The van der Waals surface area contributed by atoms with Crippen LogP contribution in [0.4, 0.5) is 0 Å². The lowest BCUT2D eigenvalue weighted by molar-refractivity contribution is 0.0935. The summed E-state index contributed by atoms with van der Waals surface area (Å²) < 4.78 is 1.74. The fraction of sp³-hybridized carbons (Fsp3) is 0.294. The van der Waals surface area contributed by atoms with E-state index >= 15 is 0 Å². The van der Waals surface area contributed by atoms with E-state index in [1.807, 2.05) is 31.4 Å². The highest BCUT2D eigenvalue weighted by atomic mass is 16.2. The maximum absolute atomic E-state index is 12.6. The third-order valence-electron chi connectivity index (χ3n) is 4.48. The van der Waals surface area contributed by atoms with Crippen molar-refractivity contribution in [1.29, 1.82) is 5.26 Å². The molecule has 0 saturated carbocycles. The summed E-state index contributed by atoms with van der Waals surface area (Å²) in [7, 11) is 1.87. The monoisotopic (exact) mass is 335 g/mol. The Morgan fingerprint density at radius 1 is 1.44 bits per heavy atom. The van der Waals surface area contributed by atoms with E-state index in [1.54, 1.807) is 15.8 Å². The molecule has 126 valence electrons. The van der Waals surface area contributed by atoms with Crippen molar-refractivity contribution in [3.8, 4) is 17.3 Å². The van der Waals surface area contributed by atoms with E-state index in [4.69, 9.17) is 5.26 Å². The fourth-order valence-electron chi connectivity index (χ4n) is 3.16. The highest BCUT2D eigenvalue weighted by molar-refractivity contribution is 6.05. The minimum Gasteiger partial charge on any atom is -0.346 e. The molecule has 0 unspecified atom stereocenters. The first-order chi connectivity index (χ1) is 12.1. The molecule has 8 heteroatoms. The molecule has 1 fully saturated rings. The smallest absolute Gasteiger partial charge is 0.272 e. The van der Waals surface area contributed by atoms with Gasteiger partial charge in [-0.15, -0.1) is 0 Å². The molecule has 2 aromatic heterocycles. The van der Waals surface area contributed by atoms with Gasteiger partial charge in [-0.05, 0) is 24.1 Å². The maximum atomic E-state index is 12.6. The number of likely N-dealkylation sites (tertiary alicyclic amines) is 1. The van der Waals surface area contributed by atoms with Crippen LogP contribution in [0.25, 0.3) is 22.0 Å². The van der Waals surface area contributed by atoms with Crippen LogP contribution < -0.4 is 5.32 Å². The van der Waals surface area contributed by atoms with Crippen molar-refractivity contribution in [2.24, 2.45) is 7.05 Å². The molecular weight excluding hydrogens is 318 g/mol. The van der Waals surface area contributed by atoms with Crippen LogP contribution in [0, 0.1) is 11.5 Å². The van der Waals surface area contributed by atoms with Crippen molar-refractivity contribution < 1.29 is 4.79 Å². The number of rotatable bonds is 3. The number of carbonyl (C=O) groups excluding carboxylic acids is 1. The minimum absolute atomic E-state index is 0.0274. The second-order valence-electron chi connectivity index (χ2n) is 6.24. The number of aromatic nitrogens is 4. The van der Waals surface area contributed by atoms with Gasteiger partial charge >= 0.3 is 0 Å². The average molecular weight is 335 g/mol. The summed E-state index contributed by atoms with van der Waals surface area (Å²) in [5.74, 6) is -0.223. The number of carbonyl (C=O) groups is 1. The zero-order valence-corrected chi connectivity index (χ0v) is 13.7. The molecule has 3 heterocycles. The number of fused-ring (bicyclic) bond motifs is 1. The van der Waals surface area contributed by atoms with Crippen molar-refractivity contribution in [2.45, 2.75) is 12.5 Å². The van der Waals surface area contributed by atoms with E-state index < -0.39 is 0 Å². The van der Waals surface area contributed by atoms with E-state index in [0.29, 0.717) is 18.8 Å². The van der Waals surface area contributed by atoms with Crippen molar-refractivity contribution in [1.82, 2.24) is 30.2 Å². The molecule has 0 radical (unpaired) electrons. The maximum Gasteiger partial charge on any atom is 0.272 e. The number of nitrogens with one attached hydrogen (secondary N) is 2. The zero-order chi connectivity index (χ0) is 17.4. The van der Waals surface area contributed by atoms with Gasteiger partial charge < -0.3 is 10.2 Å².